The molecule has 2 aromatic heterocycles. The number of carbonyl (C=O) groups is 2. The molecule has 2 heterocycles. The van der Waals surface area contributed by atoms with Crippen molar-refractivity contribution in [2.45, 2.75) is 6.92 Å². The predicted molar refractivity (Wildman–Crippen MR) is 99.6 cm³/mol. The van der Waals surface area contributed by atoms with Gasteiger partial charge < -0.3 is 10.1 Å². The van der Waals surface area contributed by atoms with Gasteiger partial charge in [-0.15, -0.1) is 0 Å². The molecule has 2 amide bonds. The Hall–Kier alpha value is -3.26. The zero-order valence-corrected chi connectivity index (χ0v) is 14.7. The van der Waals surface area contributed by atoms with Crippen LogP contribution < -0.4 is 15.4 Å². The summed E-state index contributed by atoms with van der Waals surface area (Å²) >= 11 is 1.11. The van der Waals surface area contributed by atoms with Crippen LogP contribution in [0.25, 0.3) is 0 Å². The summed E-state index contributed by atoms with van der Waals surface area (Å²) in [6.45, 7) is 1.57. The van der Waals surface area contributed by atoms with Gasteiger partial charge in [-0.3, -0.25) is 19.9 Å². The van der Waals surface area contributed by atoms with Crippen LogP contribution in [-0.4, -0.2) is 28.4 Å². The minimum atomic E-state index is -0.346. The SMILES string of the molecule is Cc1nc(NC(=O)COc2ccccc2)sc1C(=O)Nc1cccnc1. The molecule has 0 radical (unpaired) electrons. The smallest absolute Gasteiger partial charge is 0.267 e. The third-order valence-electron chi connectivity index (χ3n) is 3.28. The van der Waals surface area contributed by atoms with E-state index in [0.717, 1.165) is 11.3 Å². The number of hydrogen-bond donors (Lipinski definition) is 2. The highest BCUT2D eigenvalue weighted by Gasteiger charge is 2.17. The van der Waals surface area contributed by atoms with Gasteiger partial charge in [-0.25, -0.2) is 4.98 Å². The fourth-order valence-electron chi connectivity index (χ4n) is 2.11. The lowest BCUT2D eigenvalue weighted by atomic mass is 10.3. The number of para-hydroxylation sites is 1. The lowest BCUT2D eigenvalue weighted by Gasteiger charge is -2.05. The maximum Gasteiger partial charge on any atom is 0.267 e. The first-order valence-corrected chi connectivity index (χ1v) is 8.60. The molecule has 0 unspecified atom stereocenters. The maximum absolute atomic E-state index is 12.3. The molecule has 0 aliphatic rings. The monoisotopic (exact) mass is 368 g/mol. The van der Waals surface area contributed by atoms with Crippen LogP contribution in [0.1, 0.15) is 15.4 Å². The molecule has 26 heavy (non-hydrogen) atoms. The third kappa shape index (κ3) is 4.64. The molecule has 0 aliphatic carbocycles. The second-order valence-corrected chi connectivity index (χ2v) is 6.28. The van der Waals surface area contributed by atoms with Crippen LogP contribution in [-0.2, 0) is 4.79 Å². The van der Waals surface area contributed by atoms with Gasteiger partial charge in [0.05, 0.1) is 17.6 Å². The van der Waals surface area contributed by atoms with Crippen molar-refractivity contribution in [2.75, 3.05) is 17.2 Å². The quantitative estimate of drug-likeness (QED) is 0.697. The van der Waals surface area contributed by atoms with Gasteiger partial charge in [-0.05, 0) is 31.2 Å². The molecule has 0 atom stereocenters. The summed E-state index contributed by atoms with van der Waals surface area (Å²) in [5.41, 5.74) is 1.13. The number of anilines is 2. The fourth-order valence-corrected chi connectivity index (χ4v) is 2.98. The first kappa shape index (κ1) is 17.6. The topological polar surface area (TPSA) is 93.2 Å². The number of amides is 2. The molecule has 7 nitrogen and oxygen atoms in total. The van der Waals surface area contributed by atoms with E-state index in [2.05, 4.69) is 20.6 Å². The number of nitrogens with one attached hydrogen (secondary N) is 2. The standard InChI is InChI=1S/C18H16N4O3S/c1-12-16(17(24)21-13-6-5-9-19-10-13)26-18(20-12)22-15(23)11-25-14-7-3-2-4-8-14/h2-10H,11H2,1H3,(H,21,24)(H,20,22,23). The van der Waals surface area contributed by atoms with Gasteiger partial charge in [0.15, 0.2) is 11.7 Å². The highest BCUT2D eigenvalue weighted by molar-refractivity contribution is 7.17. The second kappa shape index (κ2) is 8.21. The fraction of sp³-hybridized carbons (Fsp3) is 0.111. The summed E-state index contributed by atoms with van der Waals surface area (Å²) in [6.07, 6.45) is 3.18. The lowest BCUT2D eigenvalue weighted by Crippen LogP contribution is -2.20. The Labute approximate surface area is 154 Å². The van der Waals surface area contributed by atoms with E-state index >= 15 is 0 Å². The molecule has 2 N–H and O–H groups in total. The van der Waals surface area contributed by atoms with E-state index in [9.17, 15) is 9.59 Å². The van der Waals surface area contributed by atoms with E-state index in [-0.39, 0.29) is 18.4 Å². The van der Waals surface area contributed by atoms with E-state index in [1.807, 2.05) is 18.2 Å². The lowest BCUT2D eigenvalue weighted by molar-refractivity contribution is -0.118. The van der Waals surface area contributed by atoms with Gasteiger partial charge in [0.25, 0.3) is 11.8 Å². The summed E-state index contributed by atoms with van der Waals surface area (Å²) in [7, 11) is 0. The number of rotatable bonds is 6. The van der Waals surface area contributed by atoms with E-state index in [4.69, 9.17) is 4.74 Å². The number of thiazole rings is 1. The molecule has 8 heteroatoms. The van der Waals surface area contributed by atoms with Crippen LogP contribution in [0.4, 0.5) is 10.8 Å². The van der Waals surface area contributed by atoms with Crippen LogP contribution >= 0.6 is 11.3 Å². The van der Waals surface area contributed by atoms with Crippen LogP contribution in [0.2, 0.25) is 0 Å². The summed E-state index contributed by atoms with van der Waals surface area (Å²) in [6, 6.07) is 12.5. The minimum absolute atomic E-state index is 0.139. The van der Waals surface area contributed by atoms with Crippen molar-refractivity contribution in [1.82, 2.24) is 9.97 Å². The highest BCUT2D eigenvalue weighted by Crippen LogP contribution is 2.23. The number of aryl methyl sites for hydroxylation is 1. The Morgan fingerprint density at radius 3 is 2.65 bits per heavy atom. The van der Waals surface area contributed by atoms with E-state index in [1.54, 1.807) is 43.6 Å². The number of carbonyl (C=O) groups excluding carboxylic acids is 2. The molecule has 0 spiro atoms. The molecule has 3 aromatic rings. The molecule has 1 aromatic carbocycles. The summed E-state index contributed by atoms with van der Waals surface area (Å²) < 4.78 is 5.38. The zero-order chi connectivity index (χ0) is 18.4. The van der Waals surface area contributed by atoms with Crippen molar-refractivity contribution < 1.29 is 14.3 Å². The van der Waals surface area contributed by atoms with Gasteiger partial charge in [0, 0.05) is 6.20 Å². The number of hydrogen-bond acceptors (Lipinski definition) is 6. The number of pyridine rings is 1. The molecule has 3 rings (SSSR count). The Bertz CT molecular complexity index is 897. The Morgan fingerprint density at radius 2 is 1.92 bits per heavy atom. The second-order valence-electron chi connectivity index (χ2n) is 5.28. The van der Waals surface area contributed by atoms with Crippen molar-refractivity contribution in [3.05, 3.63) is 65.4 Å². The normalized spacial score (nSPS) is 10.2. The summed E-state index contributed by atoms with van der Waals surface area (Å²) in [5.74, 6) is -0.0367. The molecular formula is C18H16N4O3S. The molecule has 0 fully saturated rings. The van der Waals surface area contributed by atoms with Gasteiger partial charge in [-0.1, -0.05) is 29.5 Å². The van der Waals surface area contributed by atoms with Crippen LogP contribution in [0.15, 0.2) is 54.9 Å². The molecule has 0 aliphatic heterocycles. The predicted octanol–water partition coefficient (Wildman–Crippen LogP) is 3.12. The van der Waals surface area contributed by atoms with Crippen molar-refractivity contribution in [1.29, 1.82) is 0 Å². The Morgan fingerprint density at radius 1 is 1.12 bits per heavy atom. The van der Waals surface area contributed by atoms with E-state index in [1.165, 1.54) is 0 Å². The van der Waals surface area contributed by atoms with Crippen molar-refractivity contribution in [2.24, 2.45) is 0 Å². The van der Waals surface area contributed by atoms with Crippen LogP contribution in [0, 0.1) is 6.92 Å². The molecule has 0 bridgehead atoms. The maximum atomic E-state index is 12.3. The number of aromatic nitrogens is 2. The van der Waals surface area contributed by atoms with Crippen LogP contribution in [0.5, 0.6) is 5.75 Å². The summed E-state index contributed by atoms with van der Waals surface area (Å²) in [4.78, 5) is 32.9. The Kier molecular flexibility index (Phi) is 5.55. The van der Waals surface area contributed by atoms with Crippen molar-refractivity contribution in [3.8, 4) is 5.75 Å². The van der Waals surface area contributed by atoms with Crippen LogP contribution in [0.3, 0.4) is 0 Å². The third-order valence-corrected chi connectivity index (χ3v) is 4.35. The van der Waals surface area contributed by atoms with Gasteiger partial charge in [-0.2, -0.15) is 0 Å². The largest absolute Gasteiger partial charge is 0.484 e. The van der Waals surface area contributed by atoms with Gasteiger partial charge in [0.1, 0.15) is 10.6 Å². The first-order valence-electron chi connectivity index (χ1n) is 7.78. The number of ether oxygens (including phenoxy) is 1. The molecule has 132 valence electrons. The van der Waals surface area contributed by atoms with E-state index < -0.39 is 0 Å². The van der Waals surface area contributed by atoms with Crippen molar-refractivity contribution >= 4 is 34.0 Å². The molecular weight excluding hydrogens is 352 g/mol. The zero-order valence-electron chi connectivity index (χ0n) is 13.9. The number of benzene rings is 1. The van der Waals surface area contributed by atoms with E-state index in [0.29, 0.717) is 27.1 Å². The average Bonchev–Trinajstić information content (AvgIpc) is 3.02. The first-order chi connectivity index (χ1) is 12.6. The average molecular weight is 368 g/mol. The van der Waals surface area contributed by atoms with Gasteiger partial charge >= 0.3 is 0 Å². The summed E-state index contributed by atoms with van der Waals surface area (Å²) in [5, 5.41) is 5.73. The molecule has 0 saturated heterocycles. The Balaban J connectivity index is 1.59. The molecule has 0 saturated carbocycles. The van der Waals surface area contributed by atoms with Gasteiger partial charge in [0.2, 0.25) is 0 Å². The highest BCUT2D eigenvalue weighted by atomic mass is 32.1. The minimum Gasteiger partial charge on any atom is -0.484 e. The van der Waals surface area contributed by atoms with Crippen molar-refractivity contribution in [3.63, 3.8) is 0 Å². The number of nitrogens with zero attached hydrogens (tertiary/aromatic N) is 2.